The van der Waals surface area contributed by atoms with Crippen LogP contribution in [0, 0.1) is 33.5 Å². The van der Waals surface area contributed by atoms with Crippen LogP contribution in [-0.4, -0.2) is 28.5 Å². The van der Waals surface area contributed by atoms with Crippen LogP contribution >= 0.6 is 0 Å². The molecule has 0 aliphatic rings. The van der Waals surface area contributed by atoms with Crippen LogP contribution in [0.3, 0.4) is 0 Å². The highest BCUT2D eigenvalue weighted by Gasteiger charge is 2.51. The highest BCUT2D eigenvalue weighted by Crippen LogP contribution is 2.46. The molecule has 34 heavy (non-hydrogen) atoms. The highest BCUT2D eigenvalue weighted by atomic mass is 19.4. The lowest BCUT2D eigenvalue weighted by atomic mass is 9.61. The van der Waals surface area contributed by atoms with Gasteiger partial charge in [-0.2, -0.15) is 13.2 Å². The van der Waals surface area contributed by atoms with E-state index in [1.165, 1.54) is 0 Å². The van der Waals surface area contributed by atoms with Crippen molar-refractivity contribution in [3.63, 3.8) is 0 Å². The first-order valence-corrected chi connectivity index (χ1v) is 12.7. The van der Waals surface area contributed by atoms with Crippen molar-refractivity contribution < 1.29 is 27.9 Å². The van der Waals surface area contributed by atoms with Gasteiger partial charge < -0.3 is 5.11 Å². The largest absolute Gasteiger partial charge is 0.416 e. The minimum atomic E-state index is -4.76. The molecule has 0 fully saturated rings. The fourth-order valence-electron chi connectivity index (χ4n) is 4.49. The lowest BCUT2D eigenvalue weighted by Gasteiger charge is -2.42. The Kier molecular flexibility index (Phi) is 10.7. The molecule has 0 saturated carbocycles. The van der Waals surface area contributed by atoms with E-state index < -0.39 is 34.9 Å². The van der Waals surface area contributed by atoms with E-state index in [1.54, 1.807) is 0 Å². The summed E-state index contributed by atoms with van der Waals surface area (Å²) in [5, 5.41) is 10.1. The molecule has 3 unspecified atom stereocenters. The third-order valence-corrected chi connectivity index (χ3v) is 8.25. The van der Waals surface area contributed by atoms with E-state index in [2.05, 4.69) is 34.6 Å². The number of halogens is 3. The van der Waals surface area contributed by atoms with Crippen LogP contribution in [0.15, 0.2) is 0 Å². The van der Waals surface area contributed by atoms with Crippen molar-refractivity contribution in [2.45, 2.75) is 133 Å². The summed E-state index contributed by atoms with van der Waals surface area (Å²) in [5.41, 5.74) is -4.71. The number of Topliss-reactive ketones (excluding diaryl/α,β-unsaturated/α-hetero) is 2. The Labute approximate surface area is 206 Å². The number of hydrogen-bond donors (Lipinski definition) is 1. The molecule has 0 saturated heterocycles. The van der Waals surface area contributed by atoms with Gasteiger partial charge in [0.1, 0.15) is 11.6 Å². The molecule has 0 aliphatic heterocycles. The molecule has 202 valence electrons. The monoisotopic (exact) mass is 492 g/mol. The molecule has 0 amide bonds. The van der Waals surface area contributed by atoms with Crippen molar-refractivity contribution in [3.8, 4) is 0 Å². The Morgan fingerprint density at radius 2 is 1.32 bits per heavy atom. The van der Waals surface area contributed by atoms with E-state index in [0.717, 1.165) is 6.92 Å². The lowest BCUT2D eigenvalue weighted by Crippen LogP contribution is -2.45. The Hall–Kier alpha value is -0.910. The summed E-state index contributed by atoms with van der Waals surface area (Å²) in [5.74, 6) is -0.533. The van der Waals surface area contributed by atoms with Gasteiger partial charge in [0.15, 0.2) is 5.60 Å². The van der Waals surface area contributed by atoms with Gasteiger partial charge in [-0.3, -0.25) is 9.59 Å². The molecule has 0 rings (SSSR count). The summed E-state index contributed by atoms with van der Waals surface area (Å²) in [7, 11) is 0. The average molecular weight is 493 g/mol. The predicted octanol–water partition coefficient (Wildman–Crippen LogP) is 8.18. The maximum atomic E-state index is 13.5. The van der Waals surface area contributed by atoms with E-state index in [1.807, 2.05) is 41.5 Å². The fourth-order valence-corrected chi connectivity index (χ4v) is 4.49. The normalized spacial score (nSPS) is 18.4. The third kappa shape index (κ3) is 8.95. The minimum absolute atomic E-state index is 0.0352. The van der Waals surface area contributed by atoms with Gasteiger partial charge in [-0.15, -0.1) is 0 Å². The summed E-state index contributed by atoms with van der Waals surface area (Å²) in [6.07, 6.45) is -3.65. The molecule has 0 heterocycles. The van der Waals surface area contributed by atoms with E-state index in [-0.39, 0.29) is 34.7 Å². The molecule has 0 aromatic rings. The molecule has 0 radical (unpaired) electrons. The first kappa shape index (κ1) is 33.1. The smallest absolute Gasteiger partial charge is 0.381 e. The Morgan fingerprint density at radius 1 is 0.853 bits per heavy atom. The van der Waals surface area contributed by atoms with Gasteiger partial charge in [-0.05, 0) is 55.3 Å². The van der Waals surface area contributed by atoms with Crippen LogP contribution in [0.2, 0.25) is 0 Å². The van der Waals surface area contributed by atoms with Crippen LogP contribution in [0.1, 0.15) is 122 Å². The summed E-state index contributed by atoms with van der Waals surface area (Å²) >= 11 is 0. The second-order valence-corrected chi connectivity index (χ2v) is 13.8. The number of rotatable bonds is 13. The molecule has 0 aliphatic carbocycles. The Morgan fingerprint density at radius 3 is 1.68 bits per heavy atom. The fraction of sp³-hybridized carbons (Fsp3) is 0.929. The molecule has 6 heteroatoms. The summed E-state index contributed by atoms with van der Waals surface area (Å²) < 4.78 is 40.0. The summed E-state index contributed by atoms with van der Waals surface area (Å²) in [6, 6.07) is 0. The first-order valence-electron chi connectivity index (χ1n) is 12.7. The second-order valence-electron chi connectivity index (χ2n) is 13.8. The van der Waals surface area contributed by atoms with Crippen molar-refractivity contribution in [1.82, 2.24) is 0 Å². The molecule has 1 N–H and O–H groups in total. The SMILES string of the molecule is CCC(C)(CC(C)(C)C(=O)CC(C)(C)C(C)(C)C)C(=O)CC(CC(C)C)CC(C)(O)C(F)(F)F. The second kappa shape index (κ2) is 11.0. The number of aliphatic hydroxyl groups is 1. The van der Waals surface area contributed by atoms with Crippen LogP contribution < -0.4 is 0 Å². The molecule has 0 aromatic heterocycles. The molecule has 0 aromatic carbocycles. The average Bonchev–Trinajstić information content (AvgIpc) is 2.57. The van der Waals surface area contributed by atoms with Crippen LogP contribution in [0.25, 0.3) is 0 Å². The number of ketones is 2. The molecule has 3 atom stereocenters. The number of alkyl halides is 3. The maximum Gasteiger partial charge on any atom is 0.416 e. The zero-order chi connectivity index (χ0) is 27.6. The van der Waals surface area contributed by atoms with E-state index >= 15 is 0 Å². The van der Waals surface area contributed by atoms with Gasteiger partial charge in [-0.25, -0.2) is 0 Å². The zero-order valence-electron chi connectivity index (χ0n) is 23.8. The minimum Gasteiger partial charge on any atom is -0.381 e. The van der Waals surface area contributed by atoms with Crippen molar-refractivity contribution in [1.29, 1.82) is 0 Å². The third-order valence-electron chi connectivity index (χ3n) is 8.25. The zero-order valence-corrected chi connectivity index (χ0v) is 23.8. The first-order chi connectivity index (χ1) is 14.8. The summed E-state index contributed by atoms with van der Waals surface area (Å²) in [6.45, 7) is 22.5. The summed E-state index contributed by atoms with van der Waals surface area (Å²) in [4.78, 5) is 26.8. The number of carbonyl (C=O) groups is 2. The van der Waals surface area contributed by atoms with Crippen molar-refractivity contribution in [2.24, 2.45) is 33.5 Å². The number of hydrogen-bond acceptors (Lipinski definition) is 3. The lowest BCUT2D eigenvalue weighted by molar-refractivity contribution is -0.259. The van der Waals surface area contributed by atoms with E-state index in [9.17, 15) is 27.9 Å². The molecule has 0 bridgehead atoms. The van der Waals surface area contributed by atoms with Crippen LogP contribution in [0.4, 0.5) is 13.2 Å². The predicted molar refractivity (Wildman–Crippen MR) is 134 cm³/mol. The van der Waals surface area contributed by atoms with Crippen molar-refractivity contribution in [3.05, 3.63) is 0 Å². The van der Waals surface area contributed by atoms with E-state index in [0.29, 0.717) is 25.7 Å². The van der Waals surface area contributed by atoms with Crippen molar-refractivity contribution in [2.75, 3.05) is 0 Å². The topological polar surface area (TPSA) is 54.4 Å². The van der Waals surface area contributed by atoms with Gasteiger partial charge in [0.2, 0.25) is 0 Å². The van der Waals surface area contributed by atoms with E-state index in [4.69, 9.17) is 0 Å². The molecular formula is C28H51F3O3. The quantitative estimate of drug-likeness (QED) is 0.282. The van der Waals surface area contributed by atoms with Crippen LogP contribution in [0.5, 0.6) is 0 Å². The molecule has 3 nitrogen and oxygen atoms in total. The van der Waals surface area contributed by atoms with Gasteiger partial charge in [0.25, 0.3) is 0 Å². The molecular weight excluding hydrogens is 441 g/mol. The standard InChI is InChI=1S/C28H51F3O3/c1-13-26(11,18-24(7,8)22(33)17-25(9,10)23(4,5)6)21(32)15-20(14-19(2)3)16-27(12,34)28(29,30)31/h19-20,34H,13-18H2,1-12H3. The highest BCUT2D eigenvalue weighted by molar-refractivity contribution is 5.88. The van der Waals surface area contributed by atoms with Gasteiger partial charge in [0.05, 0.1) is 0 Å². The van der Waals surface area contributed by atoms with Gasteiger partial charge in [-0.1, -0.05) is 76.2 Å². The van der Waals surface area contributed by atoms with Gasteiger partial charge >= 0.3 is 6.18 Å². The Bertz CT molecular complexity index is 697. The molecule has 0 spiro atoms. The maximum absolute atomic E-state index is 13.5. The van der Waals surface area contributed by atoms with Gasteiger partial charge in [0, 0.05) is 23.7 Å². The van der Waals surface area contributed by atoms with Crippen molar-refractivity contribution >= 4 is 11.6 Å². The van der Waals surface area contributed by atoms with Crippen LogP contribution in [-0.2, 0) is 9.59 Å². The Balaban J connectivity index is 5.75. The number of carbonyl (C=O) groups excluding carboxylic acids is 2.